The standard InChI is InChI=1S/C11H21N2O2/c14-9-11(5-1-2-6-11)13-12-8-10-4-3-7-15-10/h10,13-14H,1-9H2/t10-/m0/s1. The summed E-state index contributed by atoms with van der Waals surface area (Å²) in [5, 5.41) is 9.35. The Morgan fingerprint density at radius 1 is 1.33 bits per heavy atom. The van der Waals surface area contributed by atoms with Crippen LogP contribution in [-0.4, -0.2) is 36.5 Å². The molecule has 1 aliphatic carbocycles. The largest absolute Gasteiger partial charge is 0.394 e. The van der Waals surface area contributed by atoms with E-state index in [9.17, 15) is 5.11 Å². The number of nitrogens with one attached hydrogen (secondary N) is 1. The molecule has 1 saturated carbocycles. The molecule has 0 spiro atoms. The van der Waals surface area contributed by atoms with Gasteiger partial charge in [0, 0.05) is 6.61 Å². The number of aliphatic hydroxyl groups is 1. The number of rotatable bonds is 5. The third kappa shape index (κ3) is 2.91. The first kappa shape index (κ1) is 11.3. The van der Waals surface area contributed by atoms with Crippen LogP contribution in [0.3, 0.4) is 0 Å². The minimum atomic E-state index is -0.126. The summed E-state index contributed by atoms with van der Waals surface area (Å²) in [6.45, 7) is 1.80. The van der Waals surface area contributed by atoms with Gasteiger partial charge in [0.15, 0.2) is 0 Å². The van der Waals surface area contributed by atoms with Crippen LogP contribution in [0.5, 0.6) is 0 Å². The Morgan fingerprint density at radius 3 is 2.73 bits per heavy atom. The Labute approximate surface area is 91.4 Å². The van der Waals surface area contributed by atoms with E-state index in [0.29, 0.717) is 6.10 Å². The molecule has 0 unspecified atom stereocenters. The molecule has 1 heterocycles. The van der Waals surface area contributed by atoms with Crippen molar-refractivity contribution in [3.05, 3.63) is 0 Å². The molecule has 2 N–H and O–H groups in total. The van der Waals surface area contributed by atoms with Gasteiger partial charge in [-0.05, 0) is 25.7 Å². The number of aliphatic hydroxyl groups excluding tert-OH is 1. The van der Waals surface area contributed by atoms with E-state index in [1.54, 1.807) is 0 Å². The highest BCUT2D eigenvalue weighted by molar-refractivity contribution is 4.90. The van der Waals surface area contributed by atoms with Crippen LogP contribution >= 0.6 is 0 Å². The fourth-order valence-corrected chi connectivity index (χ4v) is 2.46. The topological polar surface area (TPSA) is 55.6 Å². The second kappa shape index (κ2) is 5.25. The van der Waals surface area contributed by atoms with Gasteiger partial charge < -0.3 is 9.84 Å². The van der Waals surface area contributed by atoms with Crippen LogP contribution in [0.25, 0.3) is 0 Å². The number of ether oxygens (including phenoxy) is 1. The lowest BCUT2D eigenvalue weighted by molar-refractivity contribution is 0.0910. The quantitative estimate of drug-likeness (QED) is 0.657. The highest BCUT2D eigenvalue weighted by Crippen LogP contribution is 2.28. The molecule has 0 amide bonds. The molecule has 87 valence electrons. The van der Waals surface area contributed by atoms with Crippen LogP contribution in [0.1, 0.15) is 38.5 Å². The Balaban J connectivity index is 1.67. The van der Waals surface area contributed by atoms with Gasteiger partial charge >= 0.3 is 0 Å². The molecule has 2 rings (SSSR count). The lowest BCUT2D eigenvalue weighted by atomic mass is 10.0. The smallest absolute Gasteiger partial charge is 0.0732 e. The highest BCUT2D eigenvalue weighted by atomic mass is 16.5. The zero-order valence-corrected chi connectivity index (χ0v) is 9.24. The summed E-state index contributed by atoms with van der Waals surface area (Å²) in [6.07, 6.45) is 7.06. The van der Waals surface area contributed by atoms with Crippen molar-refractivity contribution in [2.75, 3.05) is 19.8 Å². The average molecular weight is 213 g/mol. The zero-order chi connectivity index (χ0) is 10.6. The van der Waals surface area contributed by atoms with Crippen LogP contribution in [-0.2, 0) is 4.74 Å². The lowest BCUT2D eigenvalue weighted by Crippen LogP contribution is -2.51. The Kier molecular flexibility index (Phi) is 3.97. The first-order chi connectivity index (χ1) is 7.35. The summed E-state index contributed by atoms with van der Waals surface area (Å²) in [7, 11) is 0. The summed E-state index contributed by atoms with van der Waals surface area (Å²) in [4.78, 5) is 0. The summed E-state index contributed by atoms with van der Waals surface area (Å²) in [6, 6.07) is 0. The van der Waals surface area contributed by atoms with Crippen molar-refractivity contribution < 1.29 is 9.84 Å². The maximum Gasteiger partial charge on any atom is 0.0732 e. The van der Waals surface area contributed by atoms with E-state index in [1.165, 1.54) is 12.8 Å². The summed E-state index contributed by atoms with van der Waals surface area (Å²) < 4.78 is 5.49. The van der Waals surface area contributed by atoms with Crippen LogP contribution in [0, 0.1) is 0 Å². The molecule has 1 saturated heterocycles. The van der Waals surface area contributed by atoms with E-state index in [2.05, 4.69) is 10.9 Å². The van der Waals surface area contributed by atoms with Gasteiger partial charge in [-0.1, -0.05) is 12.8 Å². The van der Waals surface area contributed by atoms with Gasteiger partial charge in [-0.3, -0.25) is 0 Å². The van der Waals surface area contributed by atoms with E-state index in [-0.39, 0.29) is 12.1 Å². The zero-order valence-electron chi connectivity index (χ0n) is 9.24. The predicted molar refractivity (Wildman–Crippen MR) is 57.4 cm³/mol. The lowest BCUT2D eigenvalue weighted by Gasteiger charge is -2.27. The van der Waals surface area contributed by atoms with Crippen molar-refractivity contribution in [3.63, 3.8) is 0 Å². The van der Waals surface area contributed by atoms with Gasteiger partial charge in [-0.25, -0.2) is 5.43 Å². The van der Waals surface area contributed by atoms with Gasteiger partial charge in [0.05, 0.1) is 24.8 Å². The summed E-state index contributed by atoms with van der Waals surface area (Å²) in [5.41, 5.74) is 7.38. The van der Waals surface area contributed by atoms with E-state index >= 15 is 0 Å². The molecule has 4 heteroatoms. The van der Waals surface area contributed by atoms with Crippen LogP contribution < -0.4 is 10.9 Å². The second-order valence-electron chi connectivity index (χ2n) is 4.73. The van der Waals surface area contributed by atoms with Gasteiger partial charge in [0.1, 0.15) is 0 Å². The summed E-state index contributed by atoms with van der Waals surface area (Å²) >= 11 is 0. The van der Waals surface area contributed by atoms with Crippen LogP contribution in [0.2, 0.25) is 0 Å². The molecule has 0 aromatic carbocycles. The van der Waals surface area contributed by atoms with Gasteiger partial charge in [-0.15, -0.1) is 0 Å². The Bertz CT molecular complexity index is 187. The van der Waals surface area contributed by atoms with Gasteiger partial charge in [0.2, 0.25) is 0 Å². The molecule has 0 bridgehead atoms. The molecule has 2 fully saturated rings. The third-order valence-corrected chi connectivity index (χ3v) is 3.50. The number of hydrogen-bond acceptors (Lipinski definition) is 3. The molecule has 1 radical (unpaired) electrons. The number of hydrogen-bond donors (Lipinski definition) is 2. The maximum atomic E-state index is 9.35. The Hall–Kier alpha value is -0.160. The van der Waals surface area contributed by atoms with E-state index in [4.69, 9.17) is 4.74 Å². The molecule has 15 heavy (non-hydrogen) atoms. The second-order valence-corrected chi connectivity index (χ2v) is 4.73. The predicted octanol–water partition coefficient (Wildman–Crippen LogP) is 0.579. The molecular weight excluding hydrogens is 192 g/mol. The normalized spacial score (nSPS) is 29.8. The highest BCUT2D eigenvalue weighted by Gasteiger charge is 2.33. The van der Waals surface area contributed by atoms with Gasteiger partial charge in [-0.2, -0.15) is 5.43 Å². The van der Waals surface area contributed by atoms with E-state index in [1.807, 2.05) is 0 Å². The van der Waals surface area contributed by atoms with E-state index < -0.39 is 0 Å². The third-order valence-electron chi connectivity index (χ3n) is 3.50. The van der Waals surface area contributed by atoms with Crippen molar-refractivity contribution in [1.29, 1.82) is 0 Å². The number of nitrogens with zero attached hydrogens (tertiary/aromatic N) is 1. The SMILES string of the molecule is OCC1(N[N]C[C@@H]2CCCO2)CCCC1. The maximum absolute atomic E-state index is 9.35. The molecule has 1 aliphatic heterocycles. The minimum absolute atomic E-state index is 0.126. The average Bonchev–Trinajstić information content (AvgIpc) is 2.89. The monoisotopic (exact) mass is 213 g/mol. The first-order valence-electron chi connectivity index (χ1n) is 6.01. The van der Waals surface area contributed by atoms with Crippen molar-refractivity contribution in [2.45, 2.75) is 50.2 Å². The molecule has 0 aromatic rings. The van der Waals surface area contributed by atoms with Gasteiger partial charge in [0.25, 0.3) is 0 Å². The van der Waals surface area contributed by atoms with E-state index in [0.717, 1.165) is 38.8 Å². The van der Waals surface area contributed by atoms with Crippen LogP contribution in [0.15, 0.2) is 0 Å². The molecular formula is C11H21N2O2. The molecule has 0 aromatic heterocycles. The first-order valence-corrected chi connectivity index (χ1v) is 6.01. The van der Waals surface area contributed by atoms with Crippen molar-refractivity contribution in [3.8, 4) is 0 Å². The summed E-state index contributed by atoms with van der Waals surface area (Å²) in [5.74, 6) is 0. The molecule has 4 nitrogen and oxygen atoms in total. The minimum Gasteiger partial charge on any atom is -0.394 e. The fourth-order valence-electron chi connectivity index (χ4n) is 2.46. The van der Waals surface area contributed by atoms with Crippen molar-refractivity contribution in [1.82, 2.24) is 10.9 Å². The fraction of sp³-hybridized carbons (Fsp3) is 1.00. The molecule has 1 atom stereocenters. The van der Waals surface area contributed by atoms with Crippen molar-refractivity contribution in [2.24, 2.45) is 0 Å². The van der Waals surface area contributed by atoms with Crippen molar-refractivity contribution >= 4 is 0 Å². The van der Waals surface area contributed by atoms with Crippen LogP contribution in [0.4, 0.5) is 0 Å². The Morgan fingerprint density at radius 2 is 2.13 bits per heavy atom. The molecule has 2 aliphatic rings.